The smallest absolute Gasteiger partial charge is 0.407 e. The predicted octanol–water partition coefficient (Wildman–Crippen LogP) is 5.74. The molecular formula is C27H35NO3. The van der Waals surface area contributed by atoms with Gasteiger partial charge in [0.2, 0.25) is 0 Å². The van der Waals surface area contributed by atoms with E-state index in [1.807, 2.05) is 31.2 Å². The fraction of sp³-hybridized carbons (Fsp3) is 0.519. The van der Waals surface area contributed by atoms with Crippen molar-refractivity contribution in [3.05, 3.63) is 59.7 Å². The van der Waals surface area contributed by atoms with Gasteiger partial charge in [0.1, 0.15) is 6.61 Å². The van der Waals surface area contributed by atoms with Gasteiger partial charge in [-0.05, 0) is 72.6 Å². The van der Waals surface area contributed by atoms with Gasteiger partial charge in [-0.25, -0.2) is 4.79 Å². The van der Waals surface area contributed by atoms with E-state index in [1.54, 1.807) is 0 Å². The van der Waals surface area contributed by atoms with Crippen LogP contribution in [0.2, 0.25) is 0 Å². The van der Waals surface area contributed by atoms with Gasteiger partial charge in [0.15, 0.2) is 0 Å². The van der Waals surface area contributed by atoms with Gasteiger partial charge < -0.3 is 15.2 Å². The highest BCUT2D eigenvalue weighted by atomic mass is 16.5. The van der Waals surface area contributed by atoms with E-state index in [0.717, 1.165) is 31.6 Å². The zero-order valence-electron chi connectivity index (χ0n) is 18.9. The second-order valence-electron chi connectivity index (χ2n) is 9.89. The van der Waals surface area contributed by atoms with Crippen LogP contribution in [0.1, 0.15) is 63.5 Å². The Balaban J connectivity index is 1.31. The van der Waals surface area contributed by atoms with Crippen LogP contribution < -0.4 is 5.32 Å². The summed E-state index contributed by atoms with van der Waals surface area (Å²) >= 11 is 0. The van der Waals surface area contributed by atoms with E-state index < -0.39 is 11.7 Å². The van der Waals surface area contributed by atoms with Crippen LogP contribution in [0.3, 0.4) is 0 Å². The summed E-state index contributed by atoms with van der Waals surface area (Å²) in [6, 6.07) is 16.6. The first-order valence-electron chi connectivity index (χ1n) is 11.7. The molecule has 4 rings (SSSR count). The number of rotatable bonds is 6. The van der Waals surface area contributed by atoms with Gasteiger partial charge >= 0.3 is 6.09 Å². The molecule has 0 saturated heterocycles. The first kappa shape index (κ1) is 21.9. The van der Waals surface area contributed by atoms with Crippen molar-refractivity contribution in [2.75, 3.05) is 13.2 Å². The fourth-order valence-corrected chi connectivity index (χ4v) is 5.45. The molecule has 4 heteroatoms. The highest BCUT2D eigenvalue weighted by molar-refractivity contribution is 5.79. The average Bonchev–Trinajstić information content (AvgIpc) is 3.10. The van der Waals surface area contributed by atoms with Crippen LogP contribution in [-0.4, -0.2) is 30.0 Å². The van der Waals surface area contributed by atoms with E-state index in [4.69, 9.17) is 4.74 Å². The van der Waals surface area contributed by atoms with Crippen molar-refractivity contribution in [3.8, 4) is 11.1 Å². The van der Waals surface area contributed by atoms with Crippen LogP contribution in [0.5, 0.6) is 0 Å². The van der Waals surface area contributed by atoms with Crippen LogP contribution in [0.15, 0.2) is 48.5 Å². The van der Waals surface area contributed by atoms with Gasteiger partial charge in [-0.2, -0.15) is 0 Å². The molecule has 1 fully saturated rings. The van der Waals surface area contributed by atoms with Gasteiger partial charge in [0.05, 0.1) is 5.60 Å². The maximum atomic E-state index is 12.5. The Morgan fingerprint density at radius 1 is 1.03 bits per heavy atom. The maximum absolute atomic E-state index is 12.5. The third-order valence-electron chi connectivity index (χ3n) is 7.53. The lowest BCUT2D eigenvalue weighted by atomic mass is 9.71. The lowest BCUT2D eigenvalue weighted by molar-refractivity contribution is -0.0237. The minimum Gasteiger partial charge on any atom is -0.449 e. The molecule has 1 amide bonds. The Hall–Kier alpha value is -2.33. The Morgan fingerprint density at radius 3 is 2.13 bits per heavy atom. The summed E-state index contributed by atoms with van der Waals surface area (Å²) in [5.41, 5.74) is 3.92. The summed E-state index contributed by atoms with van der Waals surface area (Å²) in [4.78, 5) is 12.5. The van der Waals surface area contributed by atoms with Crippen LogP contribution in [0.25, 0.3) is 11.1 Å². The Morgan fingerprint density at radius 2 is 1.58 bits per heavy atom. The summed E-state index contributed by atoms with van der Waals surface area (Å²) in [5.74, 6) is 1.72. The number of aliphatic hydroxyl groups is 1. The third-order valence-corrected chi connectivity index (χ3v) is 7.53. The molecule has 2 aromatic carbocycles. The molecule has 2 aromatic rings. The Kier molecular flexibility index (Phi) is 6.38. The van der Waals surface area contributed by atoms with Crippen molar-refractivity contribution in [2.45, 2.75) is 58.0 Å². The molecule has 0 aromatic heterocycles. The van der Waals surface area contributed by atoms with Gasteiger partial charge in [0, 0.05) is 12.5 Å². The molecule has 2 aliphatic rings. The normalized spacial score (nSPS) is 22.5. The summed E-state index contributed by atoms with van der Waals surface area (Å²) in [6.07, 6.45) is 3.88. The highest BCUT2D eigenvalue weighted by Gasteiger charge is 2.36. The number of nitrogens with one attached hydrogen (secondary N) is 1. The molecule has 0 aliphatic heterocycles. The number of hydrogen-bond acceptors (Lipinski definition) is 3. The van der Waals surface area contributed by atoms with E-state index in [0.29, 0.717) is 12.5 Å². The van der Waals surface area contributed by atoms with E-state index in [9.17, 15) is 9.90 Å². The molecule has 1 unspecified atom stereocenters. The number of hydrogen-bond donors (Lipinski definition) is 2. The molecule has 1 saturated carbocycles. The van der Waals surface area contributed by atoms with Crippen molar-refractivity contribution in [3.63, 3.8) is 0 Å². The van der Waals surface area contributed by atoms with Crippen LogP contribution in [0.4, 0.5) is 4.79 Å². The Labute approximate surface area is 186 Å². The number of alkyl carbamates (subject to hydrolysis) is 1. The third kappa shape index (κ3) is 4.64. The first-order chi connectivity index (χ1) is 14.9. The van der Waals surface area contributed by atoms with Crippen LogP contribution >= 0.6 is 0 Å². The number of ether oxygens (including phenoxy) is 1. The average molecular weight is 422 g/mol. The topological polar surface area (TPSA) is 58.6 Å². The molecule has 0 bridgehead atoms. The number of fused-ring (bicyclic) bond motifs is 3. The number of carbonyl (C=O) groups is 1. The van der Waals surface area contributed by atoms with Gasteiger partial charge in [-0.15, -0.1) is 0 Å². The monoisotopic (exact) mass is 421 g/mol. The summed E-state index contributed by atoms with van der Waals surface area (Å²) in [6.45, 7) is 6.92. The van der Waals surface area contributed by atoms with Gasteiger partial charge in [0.25, 0.3) is 0 Å². The van der Waals surface area contributed by atoms with E-state index in [-0.39, 0.29) is 18.4 Å². The molecule has 4 nitrogen and oxygen atoms in total. The minimum atomic E-state index is -0.909. The fourth-order valence-electron chi connectivity index (χ4n) is 5.45. The molecule has 2 N–H and O–H groups in total. The lowest BCUT2D eigenvalue weighted by Gasteiger charge is -2.39. The molecule has 0 radical (unpaired) electrons. The standard InChI is InChI=1S/C27H35NO3/c1-18(2)19-12-14-20(15-13-19)27(3,30)17-28-26(29)31-16-25-23-10-6-4-8-21(23)22-9-5-7-11-24(22)25/h4-11,18-20,25,30H,12-17H2,1-3H3,(H,28,29). The largest absolute Gasteiger partial charge is 0.449 e. The van der Waals surface area contributed by atoms with E-state index in [2.05, 4.69) is 43.4 Å². The Bertz CT molecular complexity index is 867. The number of amides is 1. The van der Waals surface area contributed by atoms with Crippen LogP contribution in [-0.2, 0) is 4.74 Å². The van der Waals surface area contributed by atoms with Crippen molar-refractivity contribution >= 4 is 6.09 Å². The molecular weight excluding hydrogens is 386 g/mol. The molecule has 2 aliphatic carbocycles. The molecule has 0 heterocycles. The second kappa shape index (κ2) is 9.04. The first-order valence-corrected chi connectivity index (χ1v) is 11.7. The van der Waals surface area contributed by atoms with Gasteiger partial charge in [-0.3, -0.25) is 0 Å². The molecule has 0 spiro atoms. The summed E-state index contributed by atoms with van der Waals surface area (Å²) in [5, 5.41) is 13.8. The minimum absolute atomic E-state index is 0.0463. The lowest BCUT2D eigenvalue weighted by Crippen LogP contribution is -2.47. The molecule has 31 heavy (non-hydrogen) atoms. The zero-order valence-corrected chi connectivity index (χ0v) is 18.9. The summed E-state index contributed by atoms with van der Waals surface area (Å²) < 4.78 is 5.61. The van der Waals surface area contributed by atoms with Crippen molar-refractivity contribution in [1.29, 1.82) is 0 Å². The molecule has 166 valence electrons. The maximum Gasteiger partial charge on any atom is 0.407 e. The quantitative estimate of drug-likeness (QED) is 0.625. The number of benzene rings is 2. The molecule has 1 atom stereocenters. The van der Waals surface area contributed by atoms with Crippen molar-refractivity contribution in [1.82, 2.24) is 5.32 Å². The zero-order chi connectivity index (χ0) is 22.0. The van der Waals surface area contributed by atoms with Crippen LogP contribution in [0, 0.1) is 17.8 Å². The SMILES string of the molecule is CC(C)C1CCC(C(C)(O)CNC(=O)OCC2c3ccccc3-c3ccccc32)CC1. The van der Waals surface area contributed by atoms with E-state index >= 15 is 0 Å². The van der Waals surface area contributed by atoms with Crippen molar-refractivity contribution < 1.29 is 14.6 Å². The second-order valence-corrected chi connectivity index (χ2v) is 9.89. The van der Waals surface area contributed by atoms with Crippen molar-refractivity contribution in [2.24, 2.45) is 17.8 Å². The number of carbonyl (C=O) groups excluding carboxylic acids is 1. The summed E-state index contributed by atoms with van der Waals surface area (Å²) in [7, 11) is 0. The highest BCUT2D eigenvalue weighted by Crippen LogP contribution is 2.44. The predicted molar refractivity (Wildman–Crippen MR) is 124 cm³/mol. The van der Waals surface area contributed by atoms with Gasteiger partial charge in [-0.1, -0.05) is 62.4 Å². The van der Waals surface area contributed by atoms with E-state index in [1.165, 1.54) is 22.3 Å².